The van der Waals surface area contributed by atoms with E-state index in [-0.39, 0.29) is 26.7 Å². The van der Waals surface area contributed by atoms with Crippen LogP contribution in [0.4, 0.5) is 0 Å². The van der Waals surface area contributed by atoms with Gasteiger partial charge in [0, 0.05) is 0 Å². The Kier molecular flexibility index (Phi) is 3.98. The van der Waals surface area contributed by atoms with E-state index >= 15 is 0 Å². The number of carbonyl (C=O) groups excluding carboxylic acids is 1. The molecule has 0 radical (unpaired) electrons. The van der Waals surface area contributed by atoms with Gasteiger partial charge in [0.05, 0.1) is 22.2 Å². The van der Waals surface area contributed by atoms with Crippen LogP contribution in [0.3, 0.4) is 0 Å². The molecular weight excluding hydrogens is 374 g/mol. The number of aromatic amines is 1. The lowest BCUT2D eigenvalue weighted by molar-refractivity contribution is -0.0515. The molecule has 3 heterocycles. The van der Waals surface area contributed by atoms with Crippen LogP contribution < -0.4 is 11.2 Å². The SMILES string of the molecule is N=c1ncn([C@H]2O[C@@H](CO)[C@H](O)[C@H]2O)c2[nH]c(Br)c(C(N)=O)c12. The van der Waals surface area contributed by atoms with Gasteiger partial charge in [-0.25, -0.2) is 4.98 Å². The molecule has 23 heavy (non-hydrogen) atoms. The maximum atomic E-state index is 11.6. The van der Waals surface area contributed by atoms with E-state index in [2.05, 4.69) is 25.9 Å². The normalized spacial score (nSPS) is 27.7. The summed E-state index contributed by atoms with van der Waals surface area (Å²) in [5, 5.41) is 37.2. The number of H-pyrrole nitrogens is 1. The summed E-state index contributed by atoms with van der Waals surface area (Å²) in [5.41, 5.74) is 5.46. The van der Waals surface area contributed by atoms with E-state index in [0.717, 1.165) is 0 Å². The molecule has 124 valence electrons. The fourth-order valence-electron chi connectivity index (χ4n) is 2.66. The van der Waals surface area contributed by atoms with Crippen LogP contribution in [0.2, 0.25) is 0 Å². The predicted molar refractivity (Wildman–Crippen MR) is 79.2 cm³/mol. The van der Waals surface area contributed by atoms with Crippen molar-refractivity contribution in [3.63, 3.8) is 0 Å². The van der Waals surface area contributed by atoms with Crippen LogP contribution in [0.5, 0.6) is 0 Å². The number of ether oxygens (including phenoxy) is 1. The smallest absolute Gasteiger partial charge is 0.252 e. The molecule has 1 fully saturated rings. The van der Waals surface area contributed by atoms with Gasteiger partial charge in [-0.15, -0.1) is 0 Å². The van der Waals surface area contributed by atoms with Gasteiger partial charge in [0.1, 0.15) is 30.3 Å². The van der Waals surface area contributed by atoms with Crippen molar-refractivity contribution in [2.75, 3.05) is 6.61 Å². The van der Waals surface area contributed by atoms with Gasteiger partial charge in [-0.1, -0.05) is 0 Å². The Hall–Kier alpha value is -1.79. The summed E-state index contributed by atoms with van der Waals surface area (Å²) in [7, 11) is 0. The van der Waals surface area contributed by atoms with Gasteiger partial charge in [0.15, 0.2) is 11.7 Å². The molecule has 1 saturated heterocycles. The molecule has 11 heteroatoms. The van der Waals surface area contributed by atoms with Crippen molar-refractivity contribution in [2.24, 2.45) is 5.73 Å². The van der Waals surface area contributed by atoms with Crippen molar-refractivity contribution in [1.29, 1.82) is 5.41 Å². The molecule has 2 aromatic rings. The van der Waals surface area contributed by atoms with E-state index in [1.807, 2.05) is 0 Å². The summed E-state index contributed by atoms with van der Waals surface area (Å²) in [6, 6.07) is 0. The Labute approximate surface area is 137 Å². The van der Waals surface area contributed by atoms with Crippen molar-refractivity contribution in [3.8, 4) is 0 Å². The third-order valence-corrected chi connectivity index (χ3v) is 4.37. The molecule has 2 aromatic heterocycles. The molecule has 10 nitrogen and oxygen atoms in total. The number of rotatable bonds is 3. The molecule has 4 atom stereocenters. The summed E-state index contributed by atoms with van der Waals surface area (Å²) >= 11 is 3.17. The number of amides is 1. The lowest BCUT2D eigenvalue weighted by Gasteiger charge is -2.19. The minimum absolute atomic E-state index is 0.0543. The number of aliphatic hydroxyl groups is 3. The van der Waals surface area contributed by atoms with Crippen molar-refractivity contribution in [2.45, 2.75) is 24.5 Å². The number of fused-ring (bicyclic) bond motifs is 1. The summed E-state index contributed by atoms with van der Waals surface area (Å²) in [6.45, 7) is -0.469. The number of halogens is 1. The zero-order valence-corrected chi connectivity index (χ0v) is 13.2. The lowest BCUT2D eigenvalue weighted by atomic mass is 10.1. The molecule has 3 rings (SSSR count). The molecule has 7 N–H and O–H groups in total. The Morgan fingerprint density at radius 3 is 2.78 bits per heavy atom. The minimum atomic E-state index is -1.32. The third kappa shape index (κ3) is 2.37. The van der Waals surface area contributed by atoms with Gasteiger partial charge >= 0.3 is 0 Å². The zero-order valence-electron chi connectivity index (χ0n) is 11.6. The Morgan fingerprint density at radius 1 is 1.52 bits per heavy atom. The first kappa shape index (κ1) is 16.1. The summed E-state index contributed by atoms with van der Waals surface area (Å²) in [6.07, 6.45) is -3.38. The van der Waals surface area contributed by atoms with Gasteiger partial charge in [-0.05, 0) is 15.9 Å². The topological polar surface area (TPSA) is 170 Å². The number of nitrogens with two attached hydrogens (primary N) is 1. The van der Waals surface area contributed by atoms with Gasteiger partial charge in [-0.2, -0.15) is 0 Å². The van der Waals surface area contributed by atoms with Crippen LogP contribution >= 0.6 is 15.9 Å². The average molecular weight is 388 g/mol. The molecule has 0 saturated carbocycles. The largest absolute Gasteiger partial charge is 0.394 e. The highest BCUT2D eigenvalue weighted by atomic mass is 79.9. The first-order valence-corrected chi connectivity index (χ1v) is 7.41. The zero-order chi connectivity index (χ0) is 16.9. The molecular formula is C12H14BrN5O5. The van der Waals surface area contributed by atoms with Crippen molar-refractivity contribution < 1.29 is 24.9 Å². The predicted octanol–water partition coefficient (Wildman–Crippen LogP) is -1.68. The Balaban J connectivity index is 2.21. The van der Waals surface area contributed by atoms with E-state index in [4.69, 9.17) is 21.0 Å². The first-order chi connectivity index (χ1) is 10.9. The number of primary amides is 1. The maximum Gasteiger partial charge on any atom is 0.252 e. The highest BCUT2D eigenvalue weighted by molar-refractivity contribution is 9.10. The average Bonchev–Trinajstić information content (AvgIpc) is 2.99. The highest BCUT2D eigenvalue weighted by Crippen LogP contribution is 2.32. The van der Waals surface area contributed by atoms with Crippen LogP contribution in [0, 0.1) is 5.41 Å². The third-order valence-electron chi connectivity index (χ3n) is 3.78. The number of aromatic nitrogens is 3. The molecule has 0 aromatic carbocycles. The van der Waals surface area contributed by atoms with E-state index < -0.39 is 37.1 Å². The second-order valence-electron chi connectivity index (χ2n) is 5.13. The van der Waals surface area contributed by atoms with Gasteiger partial charge in [0.25, 0.3) is 5.91 Å². The second-order valence-corrected chi connectivity index (χ2v) is 5.92. The number of carbonyl (C=O) groups is 1. The summed E-state index contributed by atoms with van der Waals surface area (Å²) < 4.78 is 7.05. The highest BCUT2D eigenvalue weighted by Gasteiger charge is 2.43. The molecule has 0 aliphatic carbocycles. The summed E-state index contributed by atoms with van der Waals surface area (Å²) in [4.78, 5) is 18.3. The molecule has 1 aliphatic rings. The fourth-order valence-corrected chi connectivity index (χ4v) is 3.24. The number of hydrogen-bond donors (Lipinski definition) is 6. The monoisotopic (exact) mass is 387 g/mol. The van der Waals surface area contributed by atoms with E-state index in [9.17, 15) is 15.0 Å². The fraction of sp³-hybridized carbons (Fsp3) is 0.417. The van der Waals surface area contributed by atoms with E-state index in [1.54, 1.807) is 0 Å². The number of hydrogen-bond acceptors (Lipinski definition) is 7. The van der Waals surface area contributed by atoms with Crippen LogP contribution in [0.1, 0.15) is 16.6 Å². The molecule has 1 amide bonds. The number of nitrogens with zero attached hydrogens (tertiary/aromatic N) is 2. The first-order valence-electron chi connectivity index (χ1n) is 6.62. The molecule has 0 bridgehead atoms. The molecule has 1 aliphatic heterocycles. The van der Waals surface area contributed by atoms with Gasteiger partial charge in [0.2, 0.25) is 0 Å². The maximum absolute atomic E-state index is 11.6. The van der Waals surface area contributed by atoms with Gasteiger partial charge < -0.3 is 30.8 Å². The van der Waals surface area contributed by atoms with Crippen molar-refractivity contribution >= 4 is 32.9 Å². The number of nitrogens with one attached hydrogen (secondary N) is 2. The standard InChI is InChI=1S/C12H14BrN5O5/c13-8-4(10(15)22)5-9(14)16-2-18(11(5)17-8)12-7(21)6(20)3(1-19)23-12/h2-3,6-7,12,14,17,19-21H,1H2,(H2,15,22)/t3-,6-,7+,12-/m0/s1. The Morgan fingerprint density at radius 2 is 2.22 bits per heavy atom. The van der Waals surface area contributed by atoms with Crippen LogP contribution in [-0.2, 0) is 4.74 Å². The quantitative estimate of drug-likeness (QED) is 0.367. The van der Waals surface area contributed by atoms with Gasteiger partial charge in [-0.3, -0.25) is 14.8 Å². The molecule has 0 unspecified atom stereocenters. The summed E-state index contributed by atoms with van der Waals surface area (Å²) in [5.74, 6) is -0.752. The lowest BCUT2D eigenvalue weighted by Crippen LogP contribution is -2.33. The Bertz CT molecular complexity index is 833. The van der Waals surface area contributed by atoms with E-state index in [1.165, 1.54) is 10.9 Å². The van der Waals surface area contributed by atoms with Crippen molar-refractivity contribution in [3.05, 3.63) is 22.0 Å². The van der Waals surface area contributed by atoms with Crippen LogP contribution in [-0.4, -0.2) is 60.7 Å². The van der Waals surface area contributed by atoms with Crippen molar-refractivity contribution in [1.82, 2.24) is 14.5 Å². The molecule has 0 spiro atoms. The van der Waals surface area contributed by atoms with Crippen LogP contribution in [0.15, 0.2) is 10.9 Å². The van der Waals surface area contributed by atoms with Crippen LogP contribution in [0.25, 0.3) is 11.0 Å². The van der Waals surface area contributed by atoms with E-state index in [0.29, 0.717) is 0 Å². The second kappa shape index (κ2) is 5.69. The minimum Gasteiger partial charge on any atom is -0.394 e. The number of aliphatic hydroxyl groups excluding tert-OH is 3.